The van der Waals surface area contributed by atoms with Gasteiger partial charge in [0.15, 0.2) is 0 Å². The molecule has 16 heteroatoms. The predicted molar refractivity (Wildman–Crippen MR) is 219 cm³/mol. The Hall–Kier alpha value is -5.24. The molecular formula is C42H61N9O7. The Morgan fingerprint density at radius 3 is 2.19 bits per heavy atom. The average Bonchev–Trinajstić information content (AvgIpc) is 3.22. The summed E-state index contributed by atoms with van der Waals surface area (Å²) in [4.78, 5) is 70.7. The van der Waals surface area contributed by atoms with Crippen LogP contribution in [0.2, 0.25) is 0 Å². The maximum absolute atomic E-state index is 14.5. The zero-order valence-corrected chi connectivity index (χ0v) is 34.0. The van der Waals surface area contributed by atoms with Crippen molar-refractivity contribution >= 4 is 29.5 Å². The third-order valence-electron chi connectivity index (χ3n) is 10.8. The van der Waals surface area contributed by atoms with E-state index in [2.05, 4.69) is 28.2 Å². The second-order valence-corrected chi connectivity index (χ2v) is 15.1. The number of carbonyl (C=O) groups excluding carboxylic acids is 5. The van der Waals surface area contributed by atoms with Crippen LogP contribution in [0.3, 0.4) is 0 Å². The zero-order chi connectivity index (χ0) is 42.2. The molecule has 1 saturated carbocycles. The molecule has 2 aromatic carbocycles. The highest BCUT2D eigenvalue weighted by atomic mass is 16.5. The Kier molecular flexibility index (Phi) is 17.7. The van der Waals surface area contributed by atoms with Gasteiger partial charge in [-0.2, -0.15) is 5.26 Å². The van der Waals surface area contributed by atoms with Crippen molar-refractivity contribution in [3.05, 3.63) is 47.5 Å². The van der Waals surface area contributed by atoms with Gasteiger partial charge in [0.05, 0.1) is 6.07 Å². The van der Waals surface area contributed by atoms with E-state index in [0.717, 1.165) is 38.5 Å². The molecule has 1 heterocycles. The van der Waals surface area contributed by atoms with Crippen LogP contribution in [0.25, 0.3) is 11.1 Å². The number of unbranched alkanes of at least 4 members (excludes halogenated alkanes) is 1. The maximum Gasteiger partial charge on any atom is 0.248 e. The number of likely N-dealkylation sites (N-methyl/N-ethyl adjacent to an activating group) is 1. The molecule has 10 N–H and O–H groups in total. The molecule has 16 nitrogen and oxygen atoms in total. The van der Waals surface area contributed by atoms with Crippen LogP contribution in [0.15, 0.2) is 36.4 Å². The Morgan fingerprint density at radius 1 is 0.914 bits per heavy atom. The molecule has 1 aliphatic carbocycles. The quantitative estimate of drug-likeness (QED) is 0.113. The van der Waals surface area contributed by atoms with E-state index >= 15 is 0 Å². The van der Waals surface area contributed by atoms with Crippen LogP contribution in [0.1, 0.15) is 82.4 Å². The van der Waals surface area contributed by atoms with Crippen molar-refractivity contribution in [2.45, 2.75) is 95.8 Å². The highest BCUT2D eigenvalue weighted by molar-refractivity contribution is 5.96. The lowest BCUT2D eigenvalue weighted by Gasteiger charge is -2.33. The van der Waals surface area contributed by atoms with Gasteiger partial charge < -0.3 is 52.8 Å². The Balaban J connectivity index is 1.79. The molecular weight excluding hydrogens is 743 g/mol. The fraction of sp³-hybridized carbons (Fsp3) is 0.571. The highest BCUT2D eigenvalue weighted by Gasteiger charge is 2.37. The fourth-order valence-electron chi connectivity index (χ4n) is 7.63. The average molecular weight is 804 g/mol. The smallest absolute Gasteiger partial charge is 0.248 e. The van der Waals surface area contributed by atoms with Gasteiger partial charge in [0, 0.05) is 43.6 Å². The van der Waals surface area contributed by atoms with Crippen molar-refractivity contribution in [2.75, 3.05) is 46.4 Å². The van der Waals surface area contributed by atoms with Crippen molar-refractivity contribution in [1.82, 2.24) is 26.2 Å². The lowest BCUT2D eigenvalue weighted by molar-refractivity contribution is -0.143. The van der Waals surface area contributed by atoms with Crippen LogP contribution in [0.5, 0.6) is 11.5 Å². The maximum atomic E-state index is 14.5. The van der Waals surface area contributed by atoms with E-state index < -0.39 is 47.8 Å². The molecule has 58 heavy (non-hydrogen) atoms. The number of fused-ring (bicyclic) bond motifs is 5. The molecule has 4 rings (SSSR count). The molecule has 0 radical (unpaired) electrons. The number of hydrogen-bond acceptors (Lipinski definition) is 11. The Morgan fingerprint density at radius 2 is 1.57 bits per heavy atom. The first-order chi connectivity index (χ1) is 27.9. The van der Waals surface area contributed by atoms with E-state index in [1.807, 2.05) is 6.07 Å². The van der Waals surface area contributed by atoms with Gasteiger partial charge in [0.1, 0.15) is 55.4 Å². The number of nitrogens with two attached hydrogens (primary N) is 3. The van der Waals surface area contributed by atoms with Crippen LogP contribution in [0.4, 0.5) is 0 Å². The number of rotatable bonds is 17. The van der Waals surface area contributed by atoms with Crippen molar-refractivity contribution in [3.8, 4) is 28.7 Å². The molecule has 316 valence electrons. The van der Waals surface area contributed by atoms with Crippen molar-refractivity contribution < 1.29 is 33.4 Å². The summed E-state index contributed by atoms with van der Waals surface area (Å²) in [6.07, 6.45) is 7.02. The Labute approximate surface area is 341 Å². The largest absolute Gasteiger partial charge is 0.492 e. The first kappa shape index (κ1) is 45.5. The van der Waals surface area contributed by atoms with E-state index in [4.69, 9.17) is 31.9 Å². The van der Waals surface area contributed by atoms with Gasteiger partial charge in [0.25, 0.3) is 0 Å². The van der Waals surface area contributed by atoms with Crippen molar-refractivity contribution in [1.29, 1.82) is 5.26 Å². The van der Waals surface area contributed by atoms with Gasteiger partial charge in [-0.05, 0) is 86.9 Å². The van der Waals surface area contributed by atoms with Crippen molar-refractivity contribution in [2.24, 2.45) is 29.0 Å². The third-order valence-corrected chi connectivity index (χ3v) is 10.8. The number of benzene rings is 2. The lowest BCUT2D eigenvalue weighted by Crippen LogP contribution is -2.56. The molecule has 0 aromatic heterocycles. The van der Waals surface area contributed by atoms with Crippen LogP contribution < -0.4 is 47.9 Å². The molecule has 5 amide bonds. The van der Waals surface area contributed by atoms with Gasteiger partial charge in [-0.15, -0.1) is 0 Å². The number of nitrogens with one attached hydrogen (secondary N) is 4. The minimum Gasteiger partial charge on any atom is -0.492 e. The topological polar surface area (TPSA) is 257 Å². The highest BCUT2D eigenvalue weighted by Crippen LogP contribution is 2.40. The second-order valence-electron chi connectivity index (χ2n) is 15.1. The molecule has 0 saturated heterocycles. The molecule has 1 aliphatic heterocycles. The van der Waals surface area contributed by atoms with E-state index in [1.54, 1.807) is 36.4 Å². The fourth-order valence-corrected chi connectivity index (χ4v) is 7.63. The number of amides is 5. The number of hydrogen-bond donors (Lipinski definition) is 7. The summed E-state index contributed by atoms with van der Waals surface area (Å²) in [6, 6.07) is 7.57. The molecule has 4 atom stereocenters. The number of ether oxygens (including phenoxy) is 2. The van der Waals surface area contributed by atoms with Crippen LogP contribution in [0, 0.1) is 23.2 Å². The van der Waals surface area contributed by atoms with Gasteiger partial charge in [0.2, 0.25) is 29.5 Å². The summed E-state index contributed by atoms with van der Waals surface area (Å²) in [5, 5.41) is 20.0. The predicted octanol–water partition coefficient (Wildman–Crippen LogP) is 1.54. The monoisotopic (exact) mass is 803 g/mol. The summed E-state index contributed by atoms with van der Waals surface area (Å²) in [7, 11) is 1.47. The van der Waals surface area contributed by atoms with Crippen LogP contribution in [-0.2, 0) is 30.4 Å². The number of carbonyl (C=O) groups is 5. The first-order valence-corrected chi connectivity index (χ1v) is 20.4. The zero-order valence-electron chi connectivity index (χ0n) is 34.0. The minimum absolute atomic E-state index is 0.0287. The van der Waals surface area contributed by atoms with Crippen molar-refractivity contribution in [3.63, 3.8) is 0 Å². The summed E-state index contributed by atoms with van der Waals surface area (Å²) < 4.78 is 12.2. The molecule has 2 aliphatic rings. The second kappa shape index (κ2) is 22.6. The molecule has 0 spiro atoms. The summed E-state index contributed by atoms with van der Waals surface area (Å²) >= 11 is 0. The number of nitriles is 1. The summed E-state index contributed by atoms with van der Waals surface area (Å²) in [6.45, 7) is 4.24. The van der Waals surface area contributed by atoms with E-state index in [1.165, 1.54) is 25.3 Å². The van der Waals surface area contributed by atoms with E-state index in [9.17, 15) is 24.0 Å². The number of nitrogens with zero attached hydrogens (tertiary/aromatic N) is 2. The SMILES string of the molecule is CCCCC1CCC(C(=O)N[C@@H](CCN)C(=O)N(C)[C@@H]2C(=O)N[C@@H](C)C(=O)N[C@H](C(=O)NCC#N)Cc3ccc(OCCN)c(c3)-c3cc2ccc3OCCN)CC1. The third kappa shape index (κ3) is 12.1. The van der Waals surface area contributed by atoms with Gasteiger partial charge in [-0.25, -0.2) is 0 Å². The van der Waals surface area contributed by atoms with Gasteiger partial charge >= 0.3 is 0 Å². The lowest BCUT2D eigenvalue weighted by atomic mass is 9.79. The normalized spacial score (nSPS) is 21.2. The van der Waals surface area contributed by atoms with E-state index in [-0.39, 0.29) is 64.1 Å². The van der Waals surface area contributed by atoms with Crippen LogP contribution in [-0.4, -0.2) is 99.0 Å². The molecule has 1 fully saturated rings. The molecule has 2 aromatic rings. The van der Waals surface area contributed by atoms with E-state index in [0.29, 0.717) is 39.7 Å². The van der Waals surface area contributed by atoms with Crippen LogP contribution >= 0.6 is 0 Å². The van der Waals surface area contributed by atoms with Gasteiger partial charge in [-0.3, -0.25) is 24.0 Å². The van der Waals surface area contributed by atoms with Gasteiger partial charge in [-0.1, -0.05) is 38.3 Å². The minimum atomic E-state index is -1.31. The summed E-state index contributed by atoms with van der Waals surface area (Å²) in [5.41, 5.74) is 19.6. The first-order valence-electron chi connectivity index (χ1n) is 20.4. The standard InChI is InChI=1S/C42H61N9O7/c1-4-5-6-27-7-10-29(11-8-27)39(53)49-33(15-16-43)42(56)51(3)37-30-12-14-36(58-22-19-46)32(25-30)31-23-28(9-13-35(31)57-21-18-45)24-34(40(54)47-20-17-44)50-38(52)26(2)48-41(37)55/h9,12-14,23,25-27,29,33-34,37H,4-8,10-11,15-16,18-22,24,43,45-46H2,1-3H3,(H,47,54)(H,48,55)(H,49,53)(H,50,52)/t26-,27?,29?,33-,34-,37-/m0/s1. The molecule has 4 bridgehead atoms. The Bertz CT molecular complexity index is 1780. The molecule has 0 unspecified atom stereocenters. The summed E-state index contributed by atoms with van der Waals surface area (Å²) in [5.74, 6) is -1.50.